The molecule has 0 fully saturated rings. The number of rotatable bonds is 8. The summed E-state index contributed by atoms with van der Waals surface area (Å²) in [5, 5.41) is 12.2. The molecule has 2 aromatic carbocycles. The fraction of sp³-hybridized carbons (Fsp3) is 0.176. The van der Waals surface area contributed by atoms with Gasteiger partial charge in [0.25, 0.3) is 0 Å². The maximum atomic E-state index is 12.8. The summed E-state index contributed by atoms with van der Waals surface area (Å²) in [6.07, 6.45) is 0. The zero-order valence-electron chi connectivity index (χ0n) is 13.4. The number of anilines is 2. The fourth-order valence-electron chi connectivity index (χ4n) is 2.00. The lowest BCUT2D eigenvalue weighted by Gasteiger charge is -2.07. The Labute approximate surface area is 153 Å². The lowest BCUT2D eigenvalue weighted by molar-refractivity contribution is 0.343. The molecule has 0 aliphatic heterocycles. The summed E-state index contributed by atoms with van der Waals surface area (Å²) >= 11 is 3.02. The molecule has 0 spiro atoms. The predicted molar refractivity (Wildman–Crippen MR) is 98.8 cm³/mol. The molecule has 3 aromatic rings. The number of para-hydroxylation sites is 2. The van der Waals surface area contributed by atoms with Crippen LogP contribution in [0.2, 0.25) is 0 Å². The highest BCUT2D eigenvalue weighted by Gasteiger charge is 2.08. The van der Waals surface area contributed by atoms with Gasteiger partial charge in [0.1, 0.15) is 17.3 Å². The highest BCUT2D eigenvalue weighted by Crippen LogP contribution is 2.31. The molecule has 0 amide bonds. The Hall–Kier alpha value is -2.32. The maximum Gasteiger partial charge on any atom is 0.210 e. The molecule has 5 nitrogen and oxygen atoms in total. The minimum atomic E-state index is -0.273. The zero-order chi connectivity index (χ0) is 17.5. The number of methoxy groups -OCH3 is 1. The normalized spacial score (nSPS) is 10.5. The molecule has 0 atom stereocenters. The van der Waals surface area contributed by atoms with Crippen LogP contribution in [0.15, 0.2) is 52.9 Å². The monoisotopic (exact) mass is 377 g/mol. The van der Waals surface area contributed by atoms with E-state index in [9.17, 15) is 4.39 Å². The average Bonchev–Trinajstić information content (AvgIpc) is 3.08. The van der Waals surface area contributed by atoms with Crippen molar-refractivity contribution in [2.45, 2.75) is 4.34 Å². The number of ether oxygens (including phenoxy) is 2. The zero-order valence-corrected chi connectivity index (χ0v) is 15.1. The molecule has 25 heavy (non-hydrogen) atoms. The highest BCUT2D eigenvalue weighted by molar-refractivity contribution is 8.01. The van der Waals surface area contributed by atoms with Crippen LogP contribution in [0.1, 0.15) is 0 Å². The molecule has 0 saturated carbocycles. The third-order valence-electron chi connectivity index (χ3n) is 3.15. The van der Waals surface area contributed by atoms with Gasteiger partial charge in [0.2, 0.25) is 5.13 Å². The second kappa shape index (κ2) is 8.68. The summed E-state index contributed by atoms with van der Waals surface area (Å²) in [6.45, 7) is 0.505. The molecule has 0 saturated heterocycles. The third kappa shape index (κ3) is 5.07. The van der Waals surface area contributed by atoms with E-state index in [0.29, 0.717) is 17.5 Å². The van der Waals surface area contributed by atoms with Crippen LogP contribution in [-0.2, 0) is 0 Å². The topological polar surface area (TPSA) is 56.3 Å². The fourth-order valence-corrected chi connectivity index (χ4v) is 3.65. The molecule has 0 aliphatic rings. The summed E-state index contributed by atoms with van der Waals surface area (Å²) < 4.78 is 24.5. The lowest BCUT2D eigenvalue weighted by atomic mass is 10.3. The number of aromatic nitrogens is 2. The predicted octanol–water partition coefficient (Wildman–Crippen LogP) is 4.60. The largest absolute Gasteiger partial charge is 0.495 e. The molecule has 0 bridgehead atoms. The average molecular weight is 377 g/mol. The Morgan fingerprint density at radius 1 is 1.12 bits per heavy atom. The van der Waals surface area contributed by atoms with Crippen LogP contribution in [0.3, 0.4) is 0 Å². The van der Waals surface area contributed by atoms with Crippen molar-refractivity contribution in [3.8, 4) is 11.5 Å². The minimum absolute atomic E-state index is 0.273. The minimum Gasteiger partial charge on any atom is -0.495 e. The van der Waals surface area contributed by atoms with Crippen LogP contribution >= 0.6 is 23.1 Å². The van der Waals surface area contributed by atoms with Crippen molar-refractivity contribution in [1.29, 1.82) is 0 Å². The van der Waals surface area contributed by atoms with Crippen LogP contribution in [0, 0.1) is 5.82 Å². The van der Waals surface area contributed by atoms with Crippen LogP contribution in [-0.4, -0.2) is 29.7 Å². The van der Waals surface area contributed by atoms with Gasteiger partial charge in [-0.05, 0) is 36.4 Å². The first kappa shape index (κ1) is 17.5. The van der Waals surface area contributed by atoms with Gasteiger partial charge < -0.3 is 14.8 Å². The molecule has 1 N–H and O–H groups in total. The number of benzene rings is 2. The molecular weight excluding hydrogens is 361 g/mol. The van der Waals surface area contributed by atoms with Crippen molar-refractivity contribution in [2.24, 2.45) is 0 Å². The molecule has 0 radical (unpaired) electrons. The van der Waals surface area contributed by atoms with Gasteiger partial charge in [0.15, 0.2) is 4.34 Å². The molecule has 1 heterocycles. The molecule has 0 aliphatic carbocycles. The van der Waals surface area contributed by atoms with Gasteiger partial charge in [0, 0.05) is 5.75 Å². The highest BCUT2D eigenvalue weighted by atomic mass is 32.2. The number of hydrogen-bond donors (Lipinski definition) is 1. The van der Waals surface area contributed by atoms with Gasteiger partial charge in [-0.15, -0.1) is 10.2 Å². The standard InChI is InChI=1S/C17H16FN3O2S2/c1-22-15-5-3-2-4-14(15)19-16-20-21-17(25-16)24-11-10-23-13-8-6-12(18)7-9-13/h2-9H,10-11H2,1H3,(H,19,20). The van der Waals surface area contributed by atoms with Gasteiger partial charge in [-0.1, -0.05) is 35.2 Å². The Bertz CT molecular complexity index is 812. The van der Waals surface area contributed by atoms with Crippen LogP contribution in [0.25, 0.3) is 0 Å². The number of nitrogens with zero attached hydrogens (tertiary/aromatic N) is 2. The van der Waals surface area contributed by atoms with Crippen LogP contribution in [0.4, 0.5) is 15.2 Å². The number of halogens is 1. The van der Waals surface area contributed by atoms with Gasteiger partial charge in [-0.25, -0.2) is 4.39 Å². The number of nitrogens with one attached hydrogen (secondary N) is 1. The van der Waals surface area contributed by atoms with Gasteiger partial charge in [-0.3, -0.25) is 0 Å². The first-order valence-electron chi connectivity index (χ1n) is 7.49. The Morgan fingerprint density at radius 2 is 1.92 bits per heavy atom. The van der Waals surface area contributed by atoms with Crippen molar-refractivity contribution in [2.75, 3.05) is 24.8 Å². The molecule has 3 rings (SSSR count). The van der Waals surface area contributed by atoms with Gasteiger partial charge >= 0.3 is 0 Å². The molecular formula is C17H16FN3O2S2. The molecule has 0 unspecified atom stereocenters. The van der Waals surface area contributed by atoms with Gasteiger partial charge in [0.05, 0.1) is 19.4 Å². The second-order valence-corrected chi connectivity index (χ2v) is 7.17. The van der Waals surface area contributed by atoms with Crippen LogP contribution in [0.5, 0.6) is 11.5 Å². The SMILES string of the molecule is COc1ccccc1Nc1nnc(SCCOc2ccc(F)cc2)s1. The number of thioether (sulfide) groups is 1. The van der Waals surface area contributed by atoms with E-state index in [-0.39, 0.29) is 5.82 Å². The summed E-state index contributed by atoms with van der Waals surface area (Å²) in [5.74, 6) is 1.85. The number of hydrogen-bond acceptors (Lipinski definition) is 7. The van der Waals surface area contributed by atoms with Crippen molar-refractivity contribution in [1.82, 2.24) is 10.2 Å². The van der Waals surface area contributed by atoms with E-state index in [1.54, 1.807) is 31.0 Å². The van der Waals surface area contributed by atoms with E-state index in [4.69, 9.17) is 9.47 Å². The Balaban J connectivity index is 1.47. The summed E-state index contributed by atoms with van der Waals surface area (Å²) in [4.78, 5) is 0. The van der Waals surface area contributed by atoms with E-state index in [1.807, 2.05) is 24.3 Å². The Morgan fingerprint density at radius 3 is 2.72 bits per heavy atom. The van der Waals surface area contributed by atoms with E-state index in [1.165, 1.54) is 23.5 Å². The molecule has 1 aromatic heterocycles. The van der Waals surface area contributed by atoms with E-state index >= 15 is 0 Å². The van der Waals surface area contributed by atoms with Crippen molar-refractivity contribution < 1.29 is 13.9 Å². The maximum absolute atomic E-state index is 12.8. The van der Waals surface area contributed by atoms with Gasteiger partial charge in [-0.2, -0.15) is 0 Å². The molecule has 8 heteroatoms. The van der Waals surface area contributed by atoms with Crippen molar-refractivity contribution >= 4 is 33.9 Å². The first-order valence-corrected chi connectivity index (χ1v) is 9.29. The summed E-state index contributed by atoms with van der Waals surface area (Å²) in [6, 6.07) is 13.6. The second-order valence-electron chi connectivity index (χ2n) is 4.85. The molecule has 130 valence electrons. The lowest BCUT2D eigenvalue weighted by Crippen LogP contribution is -1.99. The van der Waals surface area contributed by atoms with E-state index < -0.39 is 0 Å². The van der Waals surface area contributed by atoms with Crippen LogP contribution < -0.4 is 14.8 Å². The summed E-state index contributed by atoms with van der Waals surface area (Å²) in [7, 11) is 1.63. The van der Waals surface area contributed by atoms with E-state index in [0.717, 1.165) is 21.5 Å². The third-order valence-corrected chi connectivity index (χ3v) is 5.08. The van der Waals surface area contributed by atoms with Crippen molar-refractivity contribution in [3.05, 3.63) is 54.3 Å². The van der Waals surface area contributed by atoms with Crippen molar-refractivity contribution in [3.63, 3.8) is 0 Å². The van der Waals surface area contributed by atoms with E-state index in [2.05, 4.69) is 15.5 Å². The summed E-state index contributed by atoms with van der Waals surface area (Å²) in [5.41, 5.74) is 0.845. The quantitative estimate of drug-likeness (QED) is 0.457. The smallest absolute Gasteiger partial charge is 0.210 e. The Kier molecular flexibility index (Phi) is 6.08. The first-order chi connectivity index (χ1) is 12.2.